The molecule has 0 N–H and O–H groups in total. The lowest BCUT2D eigenvalue weighted by atomic mass is 10.2. The second kappa shape index (κ2) is 2.35. The Labute approximate surface area is 65.8 Å². The Morgan fingerprint density at radius 3 is 2.00 bits per heavy atom. The molecule has 0 unspecified atom stereocenters. The highest BCUT2D eigenvalue weighted by atomic mass is 19.3. The summed E-state index contributed by atoms with van der Waals surface area (Å²) in [6, 6.07) is 0. The van der Waals surface area contributed by atoms with Crippen LogP contribution in [-0.2, 0) is 9.47 Å². The van der Waals surface area contributed by atoms with Crippen LogP contribution in [0.25, 0.3) is 0 Å². The summed E-state index contributed by atoms with van der Waals surface area (Å²) < 4.78 is 56.2. The van der Waals surface area contributed by atoms with Crippen molar-refractivity contribution in [2.24, 2.45) is 0 Å². The van der Waals surface area contributed by atoms with E-state index in [-0.39, 0.29) is 0 Å². The number of hydrogen-bond acceptors (Lipinski definition) is 2. The molecule has 12 heavy (non-hydrogen) atoms. The smallest absolute Gasteiger partial charge is 0.414 e. The number of hydrogen-bond donors (Lipinski definition) is 0. The van der Waals surface area contributed by atoms with Gasteiger partial charge in [0.2, 0.25) is 0 Å². The Bertz CT molecular complexity index is 234. The van der Waals surface area contributed by atoms with Crippen LogP contribution in [0.15, 0.2) is 11.3 Å². The van der Waals surface area contributed by atoms with Gasteiger partial charge in [-0.05, 0) is 13.8 Å². The Balaban J connectivity index is 3.03. The van der Waals surface area contributed by atoms with E-state index in [0.717, 1.165) is 13.8 Å². The molecule has 0 amide bonds. The first-order valence-electron chi connectivity index (χ1n) is 3.07. The zero-order valence-corrected chi connectivity index (χ0v) is 6.33. The van der Waals surface area contributed by atoms with Crippen molar-refractivity contribution in [3.63, 3.8) is 0 Å². The van der Waals surface area contributed by atoms with Gasteiger partial charge in [-0.1, -0.05) is 0 Å². The third-order valence-corrected chi connectivity index (χ3v) is 1.48. The maximum Gasteiger partial charge on any atom is 0.539 e. The van der Waals surface area contributed by atoms with Gasteiger partial charge in [0.15, 0.2) is 0 Å². The van der Waals surface area contributed by atoms with Gasteiger partial charge in [0.25, 0.3) is 0 Å². The molecule has 1 rings (SSSR count). The number of ether oxygens (including phenoxy) is 2. The third kappa shape index (κ3) is 1.52. The molecular formula is C6H6F4O2. The minimum Gasteiger partial charge on any atom is -0.414 e. The molecule has 0 fully saturated rings. The Kier molecular flexibility index (Phi) is 1.82. The van der Waals surface area contributed by atoms with Crippen molar-refractivity contribution in [3.05, 3.63) is 11.3 Å². The number of rotatable bonds is 0. The maximum atomic E-state index is 12.5. The topological polar surface area (TPSA) is 18.5 Å². The summed E-state index contributed by atoms with van der Waals surface area (Å²) in [5, 5.41) is 0. The Morgan fingerprint density at radius 2 is 1.58 bits per heavy atom. The molecular weight excluding hydrogens is 180 g/mol. The summed E-state index contributed by atoms with van der Waals surface area (Å²) in [4.78, 5) is 0. The summed E-state index contributed by atoms with van der Waals surface area (Å²) in [5.74, 6) is -0.517. The summed E-state index contributed by atoms with van der Waals surface area (Å²) in [6.45, 7) is 1.99. The normalized spacial score (nSPS) is 26.8. The van der Waals surface area contributed by atoms with Gasteiger partial charge in [-0.15, -0.1) is 8.78 Å². The minimum absolute atomic E-state index is 0.517. The van der Waals surface area contributed by atoms with Crippen LogP contribution >= 0.6 is 0 Å². The van der Waals surface area contributed by atoms with Gasteiger partial charge in [0.1, 0.15) is 5.76 Å². The molecule has 1 aliphatic rings. The molecule has 0 aromatic carbocycles. The van der Waals surface area contributed by atoms with Crippen molar-refractivity contribution in [3.8, 4) is 0 Å². The van der Waals surface area contributed by atoms with Gasteiger partial charge in [-0.25, -0.2) is 4.74 Å². The minimum atomic E-state index is -4.24. The van der Waals surface area contributed by atoms with Gasteiger partial charge in [-0.2, -0.15) is 8.78 Å². The fourth-order valence-corrected chi connectivity index (χ4v) is 0.706. The Morgan fingerprint density at radius 1 is 1.08 bits per heavy atom. The predicted molar refractivity (Wildman–Crippen MR) is 30.4 cm³/mol. The van der Waals surface area contributed by atoms with Gasteiger partial charge in [0, 0.05) is 0 Å². The zero-order chi connectivity index (χ0) is 9.57. The monoisotopic (exact) mass is 186 g/mol. The van der Waals surface area contributed by atoms with Crippen LogP contribution in [0.5, 0.6) is 0 Å². The van der Waals surface area contributed by atoms with Gasteiger partial charge < -0.3 is 4.74 Å². The van der Waals surface area contributed by atoms with Crippen molar-refractivity contribution in [1.29, 1.82) is 0 Å². The molecule has 0 bridgehead atoms. The van der Waals surface area contributed by atoms with E-state index in [2.05, 4.69) is 9.47 Å². The average molecular weight is 186 g/mol. The highest BCUT2D eigenvalue weighted by Crippen LogP contribution is 2.40. The van der Waals surface area contributed by atoms with Crippen LogP contribution in [0, 0.1) is 0 Å². The quantitative estimate of drug-likeness (QED) is 0.541. The molecule has 0 saturated carbocycles. The highest BCUT2D eigenvalue weighted by Gasteiger charge is 2.53. The van der Waals surface area contributed by atoms with Crippen molar-refractivity contribution < 1.29 is 27.0 Å². The van der Waals surface area contributed by atoms with Crippen LogP contribution in [-0.4, -0.2) is 12.4 Å². The molecule has 6 heteroatoms. The number of halogens is 4. The number of alkyl halides is 4. The summed E-state index contributed by atoms with van der Waals surface area (Å²) >= 11 is 0. The van der Waals surface area contributed by atoms with Gasteiger partial charge in [0.05, 0.1) is 5.57 Å². The molecule has 0 aliphatic carbocycles. The van der Waals surface area contributed by atoms with Gasteiger partial charge >= 0.3 is 12.4 Å². The van der Waals surface area contributed by atoms with Crippen molar-refractivity contribution in [1.82, 2.24) is 0 Å². The van der Waals surface area contributed by atoms with E-state index in [1.54, 1.807) is 0 Å². The van der Waals surface area contributed by atoms with Crippen molar-refractivity contribution >= 4 is 0 Å². The standard InChI is InChI=1S/C6H6F4O2/c1-3-4(2)11-6(9,10)12-5(3,7)8/h1-2H3. The van der Waals surface area contributed by atoms with Crippen LogP contribution in [0.3, 0.4) is 0 Å². The zero-order valence-electron chi connectivity index (χ0n) is 6.33. The molecule has 1 heterocycles. The van der Waals surface area contributed by atoms with E-state index in [0.29, 0.717) is 0 Å². The first-order chi connectivity index (χ1) is 5.25. The van der Waals surface area contributed by atoms with Crippen LogP contribution in [0.4, 0.5) is 17.6 Å². The molecule has 0 spiro atoms. The van der Waals surface area contributed by atoms with E-state index in [1.807, 2.05) is 0 Å². The summed E-state index contributed by atoms with van der Waals surface area (Å²) in [6.07, 6.45) is -8.20. The van der Waals surface area contributed by atoms with Crippen molar-refractivity contribution in [2.75, 3.05) is 0 Å². The lowest BCUT2D eigenvalue weighted by molar-refractivity contribution is -0.461. The summed E-state index contributed by atoms with van der Waals surface area (Å²) in [7, 11) is 0. The van der Waals surface area contributed by atoms with Crippen LogP contribution < -0.4 is 0 Å². The first kappa shape index (κ1) is 9.31. The predicted octanol–water partition coefficient (Wildman–Crippen LogP) is 2.47. The van der Waals surface area contributed by atoms with E-state index < -0.39 is 23.7 Å². The summed E-state index contributed by atoms with van der Waals surface area (Å²) in [5.41, 5.74) is -0.645. The second-order valence-corrected chi connectivity index (χ2v) is 2.37. The molecule has 0 aromatic heterocycles. The van der Waals surface area contributed by atoms with Crippen molar-refractivity contribution in [2.45, 2.75) is 26.3 Å². The second-order valence-electron chi connectivity index (χ2n) is 2.37. The van der Waals surface area contributed by atoms with Gasteiger partial charge in [-0.3, -0.25) is 0 Å². The van der Waals surface area contributed by atoms with E-state index >= 15 is 0 Å². The maximum absolute atomic E-state index is 12.5. The molecule has 0 aromatic rings. The lowest BCUT2D eigenvalue weighted by Crippen LogP contribution is -2.40. The van der Waals surface area contributed by atoms with Crippen LogP contribution in [0.2, 0.25) is 0 Å². The molecule has 2 nitrogen and oxygen atoms in total. The fraction of sp³-hybridized carbons (Fsp3) is 0.667. The third-order valence-electron chi connectivity index (χ3n) is 1.48. The SMILES string of the molecule is CC1=C(C)C(F)(F)OC(F)(F)O1. The molecule has 1 aliphatic heterocycles. The van der Waals surface area contributed by atoms with Crippen LogP contribution in [0.1, 0.15) is 13.8 Å². The highest BCUT2D eigenvalue weighted by molar-refractivity contribution is 5.12. The molecule has 0 atom stereocenters. The van der Waals surface area contributed by atoms with E-state index in [1.165, 1.54) is 0 Å². The molecule has 0 saturated heterocycles. The average Bonchev–Trinajstić information content (AvgIpc) is 1.79. The molecule has 70 valence electrons. The lowest BCUT2D eigenvalue weighted by Gasteiger charge is -2.30. The first-order valence-corrected chi connectivity index (χ1v) is 3.07. The Hall–Kier alpha value is -0.780. The fourth-order valence-electron chi connectivity index (χ4n) is 0.706. The largest absolute Gasteiger partial charge is 0.539 e. The number of allylic oxidation sites excluding steroid dienone is 1. The van der Waals surface area contributed by atoms with E-state index in [9.17, 15) is 17.6 Å². The molecule has 0 radical (unpaired) electrons. The van der Waals surface area contributed by atoms with E-state index in [4.69, 9.17) is 0 Å².